The molecule has 166 valence electrons. The van der Waals surface area contributed by atoms with Gasteiger partial charge < -0.3 is 19.7 Å². The normalized spacial score (nSPS) is 16.0. The zero-order valence-corrected chi connectivity index (χ0v) is 18.1. The zero-order chi connectivity index (χ0) is 22.4. The lowest BCUT2D eigenvalue weighted by Crippen LogP contribution is -2.44. The highest BCUT2D eigenvalue weighted by Gasteiger charge is 2.29. The van der Waals surface area contributed by atoms with Crippen molar-refractivity contribution in [2.75, 3.05) is 31.6 Å². The van der Waals surface area contributed by atoms with Crippen LogP contribution in [0.5, 0.6) is 0 Å². The van der Waals surface area contributed by atoms with E-state index in [1.807, 2.05) is 12.1 Å². The maximum atomic E-state index is 12.6. The molecule has 9 heteroatoms. The van der Waals surface area contributed by atoms with Crippen molar-refractivity contribution in [1.82, 2.24) is 14.7 Å². The minimum Gasteiger partial charge on any atom is -0.466 e. The number of aromatic nitrogens is 2. The van der Waals surface area contributed by atoms with Crippen molar-refractivity contribution in [3.05, 3.63) is 41.7 Å². The molecule has 1 unspecified atom stereocenters. The molecule has 2 aromatic rings. The fourth-order valence-electron chi connectivity index (χ4n) is 3.58. The fourth-order valence-corrected chi connectivity index (χ4v) is 3.58. The Labute approximate surface area is 181 Å². The van der Waals surface area contributed by atoms with Crippen LogP contribution < -0.4 is 5.32 Å². The fraction of sp³-hybridized carbons (Fsp3) is 0.455. The molecule has 3 rings (SSSR count). The number of anilines is 1. The van der Waals surface area contributed by atoms with E-state index in [0.717, 1.165) is 18.5 Å². The Kier molecular flexibility index (Phi) is 7.28. The highest BCUT2D eigenvalue weighted by molar-refractivity contribution is 5.91. The number of carbonyl (C=O) groups excluding carboxylic acids is 3. The second-order valence-electron chi connectivity index (χ2n) is 7.29. The lowest BCUT2D eigenvalue weighted by Gasteiger charge is -2.31. The molecule has 1 N–H and O–H groups in total. The molecule has 2 amide bonds. The molecule has 1 aliphatic rings. The third-order valence-electron chi connectivity index (χ3n) is 5.20. The third-order valence-corrected chi connectivity index (χ3v) is 5.20. The van der Waals surface area contributed by atoms with Gasteiger partial charge in [-0.2, -0.15) is 5.10 Å². The van der Waals surface area contributed by atoms with Crippen LogP contribution in [0, 0.1) is 12.8 Å². The van der Waals surface area contributed by atoms with E-state index >= 15 is 0 Å². The largest absolute Gasteiger partial charge is 0.466 e. The molecule has 1 fully saturated rings. The number of likely N-dealkylation sites (tertiary alicyclic amines) is 1. The first-order valence-electron chi connectivity index (χ1n) is 10.5. The molecule has 1 aromatic heterocycles. The Bertz CT molecular complexity index is 938. The molecular formula is C22H28N4O5. The van der Waals surface area contributed by atoms with E-state index in [4.69, 9.17) is 9.47 Å². The van der Waals surface area contributed by atoms with Crippen molar-refractivity contribution in [2.45, 2.75) is 33.6 Å². The number of carbonyl (C=O) groups is 3. The van der Waals surface area contributed by atoms with Gasteiger partial charge in [0.25, 0.3) is 0 Å². The Morgan fingerprint density at radius 3 is 2.52 bits per heavy atom. The first-order valence-corrected chi connectivity index (χ1v) is 10.5. The van der Waals surface area contributed by atoms with Crippen LogP contribution in [-0.4, -0.2) is 59.0 Å². The molecule has 0 saturated carbocycles. The van der Waals surface area contributed by atoms with Crippen molar-refractivity contribution in [2.24, 2.45) is 5.92 Å². The quantitative estimate of drug-likeness (QED) is 0.709. The standard InChI is InChI=1S/C22H28N4O5/c1-4-30-20(27)16-7-6-12-25(14-16)22(29)24-17-8-10-18(11-9-17)26-15(3)19(13-23-26)21(28)31-5-2/h8-11,13,16H,4-7,12,14H2,1-3H3,(H,24,29). The third kappa shape index (κ3) is 5.22. The number of hydrogen-bond donors (Lipinski definition) is 1. The number of amides is 2. The van der Waals surface area contributed by atoms with Gasteiger partial charge in [-0.1, -0.05) is 0 Å². The number of nitrogens with zero attached hydrogens (tertiary/aromatic N) is 3. The number of nitrogens with one attached hydrogen (secondary N) is 1. The summed E-state index contributed by atoms with van der Waals surface area (Å²) < 4.78 is 11.8. The van der Waals surface area contributed by atoms with Gasteiger partial charge in [0.2, 0.25) is 0 Å². The van der Waals surface area contributed by atoms with E-state index in [9.17, 15) is 14.4 Å². The number of hydrogen-bond acceptors (Lipinski definition) is 6. The van der Waals surface area contributed by atoms with Gasteiger partial charge in [-0.25, -0.2) is 14.3 Å². The lowest BCUT2D eigenvalue weighted by atomic mass is 9.98. The van der Waals surface area contributed by atoms with Crippen LogP contribution in [0.25, 0.3) is 5.69 Å². The molecule has 1 atom stereocenters. The van der Waals surface area contributed by atoms with Crippen molar-refractivity contribution in [3.8, 4) is 5.69 Å². The molecule has 1 aliphatic heterocycles. The van der Waals surface area contributed by atoms with Gasteiger partial charge in [-0.3, -0.25) is 4.79 Å². The summed E-state index contributed by atoms with van der Waals surface area (Å²) in [7, 11) is 0. The molecule has 0 bridgehead atoms. The minimum absolute atomic E-state index is 0.249. The number of rotatable bonds is 6. The smallest absolute Gasteiger partial charge is 0.341 e. The first-order chi connectivity index (χ1) is 14.9. The summed E-state index contributed by atoms with van der Waals surface area (Å²) in [5.41, 5.74) is 2.47. The van der Waals surface area contributed by atoms with Crippen LogP contribution in [0.15, 0.2) is 30.5 Å². The number of urea groups is 1. The highest BCUT2D eigenvalue weighted by Crippen LogP contribution is 2.21. The summed E-state index contributed by atoms with van der Waals surface area (Å²) in [6, 6.07) is 6.90. The topological polar surface area (TPSA) is 103 Å². The number of ether oxygens (including phenoxy) is 2. The van der Waals surface area contributed by atoms with Crippen LogP contribution in [0.1, 0.15) is 42.7 Å². The maximum Gasteiger partial charge on any atom is 0.341 e. The second-order valence-corrected chi connectivity index (χ2v) is 7.29. The Hall–Kier alpha value is -3.36. The first kappa shape index (κ1) is 22.3. The van der Waals surface area contributed by atoms with Gasteiger partial charge in [0.05, 0.1) is 36.7 Å². The van der Waals surface area contributed by atoms with Crippen LogP contribution in [0.3, 0.4) is 0 Å². The molecule has 0 spiro atoms. The monoisotopic (exact) mass is 428 g/mol. The molecule has 1 aromatic carbocycles. The Morgan fingerprint density at radius 1 is 1.13 bits per heavy atom. The van der Waals surface area contributed by atoms with Gasteiger partial charge >= 0.3 is 18.0 Å². The van der Waals surface area contributed by atoms with Crippen molar-refractivity contribution in [1.29, 1.82) is 0 Å². The molecule has 0 aliphatic carbocycles. The maximum absolute atomic E-state index is 12.6. The van der Waals surface area contributed by atoms with E-state index in [2.05, 4.69) is 10.4 Å². The molecule has 0 radical (unpaired) electrons. The van der Waals surface area contributed by atoms with Gasteiger partial charge in [-0.15, -0.1) is 0 Å². The lowest BCUT2D eigenvalue weighted by molar-refractivity contribution is -0.149. The highest BCUT2D eigenvalue weighted by atomic mass is 16.5. The molecule has 1 saturated heterocycles. The van der Waals surface area contributed by atoms with E-state index in [0.29, 0.717) is 43.2 Å². The van der Waals surface area contributed by atoms with E-state index in [-0.39, 0.29) is 17.9 Å². The predicted octanol–water partition coefficient (Wildman–Crippen LogP) is 3.16. The average Bonchev–Trinajstić information content (AvgIpc) is 3.16. The zero-order valence-electron chi connectivity index (χ0n) is 18.1. The van der Waals surface area contributed by atoms with Gasteiger partial charge in [-0.05, 0) is 57.9 Å². The average molecular weight is 428 g/mol. The second kappa shape index (κ2) is 10.1. The summed E-state index contributed by atoms with van der Waals surface area (Å²) in [5, 5.41) is 7.14. The predicted molar refractivity (Wildman–Crippen MR) is 114 cm³/mol. The molecule has 31 heavy (non-hydrogen) atoms. The number of piperidine rings is 1. The summed E-state index contributed by atoms with van der Waals surface area (Å²) in [4.78, 5) is 38.2. The number of benzene rings is 1. The summed E-state index contributed by atoms with van der Waals surface area (Å²) in [6.45, 7) is 6.92. The summed E-state index contributed by atoms with van der Waals surface area (Å²) >= 11 is 0. The van der Waals surface area contributed by atoms with Crippen LogP contribution >= 0.6 is 0 Å². The molecular weight excluding hydrogens is 400 g/mol. The number of esters is 2. The SMILES string of the molecule is CCOC(=O)c1cnn(-c2ccc(NC(=O)N3CCCC(C(=O)OCC)C3)cc2)c1C. The van der Waals surface area contributed by atoms with Gasteiger partial charge in [0.1, 0.15) is 5.56 Å². The van der Waals surface area contributed by atoms with Gasteiger partial charge in [0, 0.05) is 18.8 Å². The Morgan fingerprint density at radius 2 is 1.84 bits per heavy atom. The summed E-state index contributed by atoms with van der Waals surface area (Å²) in [5.74, 6) is -0.933. The van der Waals surface area contributed by atoms with Crippen LogP contribution in [0.4, 0.5) is 10.5 Å². The van der Waals surface area contributed by atoms with E-state index in [1.165, 1.54) is 6.20 Å². The van der Waals surface area contributed by atoms with Crippen molar-refractivity contribution < 1.29 is 23.9 Å². The minimum atomic E-state index is -0.405. The Balaban J connectivity index is 1.64. The van der Waals surface area contributed by atoms with Crippen LogP contribution in [-0.2, 0) is 14.3 Å². The van der Waals surface area contributed by atoms with Crippen LogP contribution in [0.2, 0.25) is 0 Å². The summed E-state index contributed by atoms with van der Waals surface area (Å²) in [6.07, 6.45) is 2.98. The van der Waals surface area contributed by atoms with Crippen molar-refractivity contribution >= 4 is 23.7 Å². The van der Waals surface area contributed by atoms with E-state index < -0.39 is 5.97 Å². The molecule has 2 heterocycles. The van der Waals surface area contributed by atoms with Gasteiger partial charge in [0.15, 0.2) is 0 Å². The molecule has 9 nitrogen and oxygen atoms in total. The van der Waals surface area contributed by atoms with E-state index in [1.54, 1.807) is 42.5 Å². The van der Waals surface area contributed by atoms with Crippen molar-refractivity contribution in [3.63, 3.8) is 0 Å².